The summed E-state index contributed by atoms with van der Waals surface area (Å²) in [7, 11) is 0. The highest BCUT2D eigenvalue weighted by atomic mass is 16.2. The van der Waals surface area contributed by atoms with Gasteiger partial charge in [0.15, 0.2) is 0 Å². The van der Waals surface area contributed by atoms with Gasteiger partial charge in [-0.05, 0) is 44.7 Å². The predicted molar refractivity (Wildman–Crippen MR) is 73.4 cm³/mol. The lowest BCUT2D eigenvalue weighted by atomic mass is 9.92. The summed E-state index contributed by atoms with van der Waals surface area (Å²) in [6, 6.07) is 8.64. The Kier molecular flexibility index (Phi) is 4.37. The third kappa shape index (κ3) is 3.57. The molecular formula is C15H22N2O. The second-order valence-electron chi connectivity index (χ2n) is 5.18. The SMILES string of the molecule is Cc1cccc(C(CCCN)C(=O)NC2CC2)c1. The molecule has 1 fully saturated rings. The van der Waals surface area contributed by atoms with E-state index in [4.69, 9.17) is 5.73 Å². The highest BCUT2D eigenvalue weighted by molar-refractivity contribution is 5.84. The summed E-state index contributed by atoms with van der Waals surface area (Å²) in [5.41, 5.74) is 7.88. The first-order chi connectivity index (χ1) is 8.70. The number of nitrogens with two attached hydrogens (primary N) is 1. The summed E-state index contributed by atoms with van der Waals surface area (Å²) < 4.78 is 0. The van der Waals surface area contributed by atoms with E-state index in [0.29, 0.717) is 12.6 Å². The minimum absolute atomic E-state index is 0.0472. The normalized spacial score (nSPS) is 16.3. The highest BCUT2D eigenvalue weighted by Crippen LogP contribution is 2.25. The zero-order valence-corrected chi connectivity index (χ0v) is 11.0. The average molecular weight is 246 g/mol. The number of carbonyl (C=O) groups is 1. The average Bonchev–Trinajstić information content (AvgIpc) is 3.13. The zero-order chi connectivity index (χ0) is 13.0. The van der Waals surface area contributed by atoms with Crippen molar-refractivity contribution in [1.82, 2.24) is 5.32 Å². The van der Waals surface area contributed by atoms with E-state index >= 15 is 0 Å². The summed E-state index contributed by atoms with van der Waals surface area (Å²) in [5.74, 6) is 0.116. The maximum absolute atomic E-state index is 12.3. The molecule has 1 amide bonds. The Bertz CT molecular complexity index is 413. The molecule has 1 saturated carbocycles. The predicted octanol–water partition coefficient (Wildman–Crippen LogP) is 2.10. The van der Waals surface area contributed by atoms with Crippen LogP contribution in [0.25, 0.3) is 0 Å². The van der Waals surface area contributed by atoms with Gasteiger partial charge in [0.25, 0.3) is 0 Å². The van der Waals surface area contributed by atoms with Gasteiger partial charge in [0.1, 0.15) is 0 Å². The van der Waals surface area contributed by atoms with Gasteiger partial charge in [-0.2, -0.15) is 0 Å². The molecule has 1 unspecified atom stereocenters. The van der Waals surface area contributed by atoms with Crippen molar-refractivity contribution in [2.45, 2.75) is 44.6 Å². The van der Waals surface area contributed by atoms with Crippen LogP contribution < -0.4 is 11.1 Å². The maximum Gasteiger partial charge on any atom is 0.227 e. The Hall–Kier alpha value is -1.35. The van der Waals surface area contributed by atoms with Gasteiger partial charge in [0, 0.05) is 6.04 Å². The van der Waals surface area contributed by atoms with Crippen LogP contribution in [-0.4, -0.2) is 18.5 Å². The molecule has 0 radical (unpaired) electrons. The summed E-state index contributed by atoms with van der Waals surface area (Å²) in [6.45, 7) is 2.70. The number of aryl methyl sites for hydroxylation is 1. The summed E-state index contributed by atoms with van der Waals surface area (Å²) in [4.78, 5) is 12.3. The third-order valence-corrected chi connectivity index (χ3v) is 3.38. The first kappa shape index (κ1) is 13.1. The molecule has 1 atom stereocenters. The summed E-state index contributed by atoms with van der Waals surface area (Å²) >= 11 is 0. The minimum atomic E-state index is -0.0472. The largest absolute Gasteiger partial charge is 0.353 e. The number of carbonyl (C=O) groups excluding carboxylic acids is 1. The number of hydrogen-bond acceptors (Lipinski definition) is 2. The molecule has 3 heteroatoms. The van der Waals surface area contributed by atoms with E-state index in [9.17, 15) is 4.79 Å². The molecule has 1 aromatic carbocycles. The number of rotatable bonds is 6. The van der Waals surface area contributed by atoms with Crippen molar-refractivity contribution in [3.63, 3.8) is 0 Å². The van der Waals surface area contributed by atoms with Crippen LogP contribution in [0.3, 0.4) is 0 Å². The van der Waals surface area contributed by atoms with Gasteiger partial charge in [-0.15, -0.1) is 0 Å². The van der Waals surface area contributed by atoms with Gasteiger partial charge in [0.2, 0.25) is 5.91 Å². The van der Waals surface area contributed by atoms with E-state index < -0.39 is 0 Å². The first-order valence-corrected chi connectivity index (χ1v) is 6.77. The van der Waals surface area contributed by atoms with Crippen LogP contribution in [0.2, 0.25) is 0 Å². The zero-order valence-electron chi connectivity index (χ0n) is 11.0. The molecule has 2 rings (SSSR count). The fourth-order valence-corrected chi connectivity index (χ4v) is 2.19. The van der Waals surface area contributed by atoms with E-state index in [1.54, 1.807) is 0 Å². The molecule has 98 valence electrons. The van der Waals surface area contributed by atoms with Crippen molar-refractivity contribution in [2.75, 3.05) is 6.54 Å². The molecule has 1 aliphatic rings. The van der Waals surface area contributed by atoms with Crippen LogP contribution >= 0.6 is 0 Å². The molecule has 1 aromatic rings. The molecule has 0 saturated heterocycles. The van der Waals surface area contributed by atoms with E-state index in [-0.39, 0.29) is 11.8 Å². The number of amides is 1. The molecule has 3 N–H and O–H groups in total. The molecule has 18 heavy (non-hydrogen) atoms. The third-order valence-electron chi connectivity index (χ3n) is 3.38. The second-order valence-corrected chi connectivity index (χ2v) is 5.18. The van der Waals surface area contributed by atoms with E-state index in [1.165, 1.54) is 5.56 Å². The van der Waals surface area contributed by atoms with Gasteiger partial charge in [-0.25, -0.2) is 0 Å². The van der Waals surface area contributed by atoms with Crippen LogP contribution in [0.5, 0.6) is 0 Å². The molecule has 3 nitrogen and oxygen atoms in total. The lowest BCUT2D eigenvalue weighted by molar-refractivity contribution is -0.122. The molecule has 0 spiro atoms. The minimum Gasteiger partial charge on any atom is -0.353 e. The standard InChI is InChI=1S/C15H22N2O/c1-11-4-2-5-12(10-11)14(6-3-9-16)15(18)17-13-7-8-13/h2,4-5,10,13-14H,3,6-9,16H2,1H3,(H,17,18). The fraction of sp³-hybridized carbons (Fsp3) is 0.533. The Balaban J connectivity index is 2.09. The van der Waals surface area contributed by atoms with Gasteiger partial charge in [-0.3, -0.25) is 4.79 Å². The van der Waals surface area contributed by atoms with Crippen molar-refractivity contribution < 1.29 is 4.79 Å². The fourth-order valence-electron chi connectivity index (χ4n) is 2.19. The topological polar surface area (TPSA) is 55.1 Å². The maximum atomic E-state index is 12.3. The lowest BCUT2D eigenvalue weighted by Gasteiger charge is -2.17. The summed E-state index contributed by atoms with van der Waals surface area (Å²) in [5, 5.41) is 3.10. The Morgan fingerprint density at radius 2 is 2.28 bits per heavy atom. The monoisotopic (exact) mass is 246 g/mol. The van der Waals surface area contributed by atoms with Crippen molar-refractivity contribution in [3.05, 3.63) is 35.4 Å². The molecule has 0 heterocycles. The Morgan fingerprint density at radius 1 is 1.50 bits per heavy atom. The van der Waals surface area contributed by atoms with Crippen molar-refractivity contribution in [3.8, 4) is 0 Å². The Morgan fingerprint density at radius 3 is 2.89 bits per heavy atom. The Labute approximate surface area is 109 Å². The van der Waals surface area contributed by atoms with Crippen LogP contribution in [0.15, 0.2) is 24.3 Å². The lowest BCUT2D eigenvalue weighted by Crippen LogP contribution is -2.31. The van der Waals surface area contributed by atoms with Crippen LogP contribution in [0.1, 0.15) is 42.7 Å². The summed E-state index contributed by atoms with van der Waals surface area (Å²) in [6.07, 6.45) is 3.97. The van der Waals surface area contributed by atoms with E-state index in [0.717, 1.165) is 31.2 Å². The molecular weight excluding hydrogens is 224 g/mol. The smallest absolute Gasteiger partial charge is 0.227 e. The van der Waals surface area contributed by atoms with Gasteiger partial charge in [-0.1, -0.05) is 29.8 Å². The van der Waals surface area contributed by atoms with Gasteiger partial charge in [0.05, 0.1) is 5.92 Å². The number of benzene rings is 1. The number of nitrogens with one attached hydrogen (secondary N) is 1. The number of hydrogen-bond donors (Lipinski definition) is 2. The van der Waals surface area contributed by atoms with Gasteiger partial charge < -0.3 is 11.1 Å². The molecule has 0 bridgehead atoms. The second kappa shape index (κ2) is 6.01. The van der Waals surface area contributed by atoms with Crippen LogP contribution in [-0.2, 0) is 4.79 Å². The molecule has 0 aromatic heterocycles. The van der Waals surface area contributed by atoms with Crippen molar-refractivity contribution >= 4 is 5.91 Å². The first-order valence-electron chi connectivity index (χ1n) is 6.77. The van der Waals surface area contributed by atoms with Crippen LogP contribution in [0, 0.1) is 6.92 Å². The molecule has 1 aliphatic carbocycles. The van der Waals surface area contributed by atoms with Gasteiger partial charge >= 0.3 is 0 Å². The highest BCUT2D eigenvalue weighted by Gasteiger charge is 2.28. The molecule has 0 aliphatic heterocycles. The van der Waals surface area contributed by atoms with Crippen molar-refractivity contribution in [2.24, 2.45) is 5.73 Å². The van der Waals surface area contributed by atoms with Crippen LogP contribution in [0.4, 0.5) is 0 Å². The van der Waals surface area contributed by atoms with E-state index in [1.807, 2.05) is 12.1 Å². The van der Waals surface area contributed by atoms with E-state index in [2.05, 4.69) is 24.4 Å². The quantitative estimate of drug-likeness (QED) is 0.807. The van der Waals surface area contributed by atoms with Crippen molar-refractivity contribution in [1.29, 1.82) is 0 Å².